The molecule has 0 radical (unpaired) electrons. The van der Waals surface area contributed by atoms with Crippen molar-refractivity contribution in [1.82, 2.24) is 9.55 Å². The number of imidazole rings is 1. The Hall–Kier alpha value is -1.12. The highest BCUT2D eigenvalue weighted by atomic mass is 15.1. The third kappa shape index (κ3) is 1.50. The zero-order chi connectivity index (χ0) is 9.26. The van der Waals surface area contributed by atoms with Crippen LogP contribution < -0.4 is 0 Å². The van der Waals surface area contributed by atoms with Crippen LogP contribution in [0.3, 0.4) is 0 Å². The summed E-state index contributed by atoms with van der Waals surface area (Å²) in [5, 5.41) is 0. The van der Waals surface area contributed by atoms with Crippen LogP contribution in [0.25, 0.3) is 0 Å². The summed E-state index contributed by atoms with van der Waals surface area (Å²) < 4.78 is 2.20. The Kier molecular flexibility index (Phi) is 2.17. The molecular weight excluding hydrogens is 162 g/mol. The van der Waals surface area contributed by atoms with Gasteiger partial charge in [-0.3, -0.25) is 0 Å². The number of fused-ring (bicyclic) bond motifs is 1. The normalized spacial score (nSPS) is 21.2. The van der Waals surface area contributed by atoms with E-state index in [-0.39, 0.29) is 0 Å². The van der Waals surface area contributed by atoms with E-state index in [1.165, 1.54) is 18.7 Å². The maximum absolute atomic E-state index is 4.40. The van der Waals surface area contributed by atoms with Crippen LogP contribution >= 0.6 is 0 Å². The molecule has 0 fully saturated rings. The van der Waals surface area contributed by atoms with Gasteiger partial charge in [0.25, 0.3) is 0 Å². The number of hydrogen-bond donors (Lipinski definition) is 0. The number of rotatable bonds is 2. The van der Waals surface area contributed by atoms with Gasteiger partial charge in [-0.1, -0.05) is 13.3 Å². The van der Waals surface area contributed by atoms with Crippen molar-refractivity contribution in [3.05, 3.63) is 12.0 Å². The first-order chi connectivity index (χ1) is 6.33. The summed E-state index contributed by atoms with van der Waals surface area (Å²) in [5.74, 6) is 2.76. The molecule has 0 bridgehead atoms. The number of aliphatic imine (C=N–C) groups is 1. The van der Waals surface area contributed by atoms with Crippen LogP contribution in [0.1, 0.15) is 25.6 Å². The second-order valence-electron chi connectivity index (χ2n) is 3.63. The Labute approximate surface area is 78.5 Å². The predicted molar refractivity (Wildman–Crippen MR) is 53.5 cm³/mol. The van der Waals surface area contributed by atoms with Crippen LogP contribution in [0.2, 0.25) is 0 Å². The molecule has 70 valence electrons. The fourth-order valence-electron chi connectivity index (χ4n) is 1.90. The van der Waals surface area contributed by atoms with E-state index in [0.29, 0.717) is 0 Å². The lowest BCUT2D eigenvalue weighted by Gasteiger charge is -2.21. The Morgan fingerprint density at radius 3 is 3.31 bits per heavy atom. The van der Waals surface area contributed by atoms with Gasteiger partial charge in [0.2, 0.25) is 0 Å². The highest BCUT2D eigenvalue weighted by Gasteiger charge is 2.18. The van der Waals surface area contributed by atoms with Crippen LogP contribution in [0.15, 0.2) is 11.2 Å². The molecule has 0 saturated heterocycles. The molecular formula is C10H15N3. The molecule has 1 atom stereocenters. The summed E-state index contributed by atoms with van der Waals surface area (Å²) >= 11 is 0. The molecule has 2 rings (SSSR count). The summed E-state index contributed by atoms with van der Waals surface area (Å²) in [7, 11) is 0. The Morgan fingerprint density at radius 2 is 2.62 bits per heavy atom. The van der Waals surface area contributed by atoms with E-state index in [9.17, 15) is 0 Å². The minimum atomic E-state index is 0.770. The minimum absolute atomic E-state index is 0.770. The third-order valence-electron chi connectivity index (χ3n) is 2.84. The first kappa shape index (κ1) is 8.48. The molecule has 1 aromatic heterocycles. The molecule has 0 spiro atoms. The molecule has 3 nitrogen and oxygen atoms in total. The molecule has 1 unspecified atom stereocenters. The zero-order valence-electron chi connectivity index (χ0n) is 8.03. The third-order valence-corrected chi connectivity index (χ3v) is 2.84. The molecule has 0 saturated carbocycles. The molecule has 0 aromatic carbocycles. The highest BCUT2D eigenvalue weighted by molar-refractivity contribution is 5.38. The Morgan fingerprint density at radius 1 is 1.77 bits per heavy atom. The lowest BCUT2D eigenvalue weighted by molar-refractivity contribution is 0.372. The first-order valence-corrected chi connectivity index (χ1v) is 4.86. The van der Waals surface area contributed by atoms with Gasteiger partial charge in [0.05, 0.1) is 0 Å². The average molecular weight is 177 g/mol. The van der Waals surface area contributed by atoms with Crippen molar-refractivity contribution in [2.24, 2.45) is 10.9 Å². The number of aromatic nitrogens is 2. The highest BCUT2D eigenvalue weighted by Crippen LogP contribution is 2.24. The maximum atomic E-state index is 4.40. The van der Waals surface area contributed by atoms with Crippen LogP contribution in [0, 0.1) is 5.92 Å². The molecule has 0 N–H and O–H groups in total. The molecule has 1 aliphatic rings. The van der Waals surface area contributed by atoms with Gasteiger partial charge in [0.15, 0.2) is 5.82 Å². The lowest BCUT2D eigenvalue weighted by Crippen LogP contribution is -2.18. The molecule has 13 heavy (non-hydrogen) atoms. The van der Waals surface area contributed by atoms with E-state index in [2.05, 4.69) is 28.2 Å². The van der Waals surface area contributed by atoms with E-state index in [1.807, 2.05) is 6.20 Å². The van der Waals surface area contributed by atoms with Crippen LogP contribution in [-0.2, 0) is 13.0 Å². The van der Waals surface area contributed by atoms with Crippen LogP contribution in [-0.4, -0.2) is 16.3 Å². The molecule has 2 heterocycles. The smallest absolute Gasteiger partial charge is 0.169 e. The van der Waals surface area contributed by atoms with Crippen molar-refractivity contribution in [2.45, 2.75) is 32.7 Å². The maximum Gasteiger partial charge on any atom is 0.169 e. The summed E-state index contributed by atoms with van der Waals surface area (Å²) in [6.45, 7) is 6.83. The molecule has 1 aliphatic heterocycles. The van der Waals surface area contributed by atoms with E-state index in [1.54, 1.807) is 0 Å². The minimum Gasteiger partial charge on any atom is -0.333 e. The lowest BCUT2D eigenvalue weighted by atomic mass is 9.95. The Balaban J connectivity index is 2.24. The van der Waals surface area contributed by atoms with Crippen LogP contribution in [0.5, 0.6) is 0 Å². The van der Waals surface area contributed by atoms with Crippen molar-refractivity contribution >= 4 is 12.5 Å². The van der Waals surface area contributed by atoms with E-state index < -0.39 is 0 Å². The molecule has 3 heteroatoms. The van der Waals surface area contributed by atoms with Crippen molar-refractivity contribution in [3.8, 4) is 0 Å². The molecule has 1 aromatic rings. The molecule has 0 amide bonds. The molecule has 0 aliphatic carbocycles. The monoisotopic (exact) mass is 177 g/mol. The van der Waals surface area contributed by atoms with Gasteiger partial charge in [-0.2, -0.15) is 0 Å². The van der Waals surface area contributed by atoms with Gasteiger partial charge in [-0.15, -0.1) is 0 Å². The van der Waals surface area contributed by atoms with Gasteiger partial charge < -0.3 is 4.57 Å². The summed E-state index contributed by atoms with van der Waals surface area (Å²) in [4.78, 5) is 8.25. The van der Waals surface area contributed by atoms with Gasteiger partial charge >= 0.3 is 0 Å². The van der Waals surface area contributed by atoms with E-state index in [4.69, 9.17) is 0 Å². The largest absolute Gasteiger partial charge is 0.333 e. The van der Waals surface area contributed by atoms with Gasteiger partial charge in [0, 0.05) is 19.2 Å². The van der Waals surface area contributed by atoms with E-state index >= 15 is 0 Å². The summed E-state index contributed by atoms with van der Waals surface area (Å²) in [6.07, 6.45) is 5.63. The van der Waals surface area contributed by atoms with Gasteiger partial charge in [-0.05, 0) is 19.1 Å². The van der Waals surface area contributed by atoms with Gasteiger partial charge in [0.1, 0.15) is 5.82 Å². The van der Waals surface area contributed by atoms with Crippen molar-refractivity contribution in [2.75, 3.05) is 0 Å². The fraction of sp³-hybridized carbons (Fsp3) is 0.600. The fourth-order valence-corrected chi connectivity index (χ4v) is 1.90. The number of nitrogens with zero attached hydrogens (tertiary/aromatic N) is 3. The quantitative estimate of drug-likeness (QED) is 0.637. The summed E-state index contributed by atoms with van der Waals surface area (Å²) in [6, 6.07) is 0. The predicted octanol–water partition coefficient (Wildman–Crippen LogP) is 2.19. The summed E-state index contributed by atoms with van der Waals surface area (Å²) in [5.41, 5.74) is 0. The van der Waals surface area contributed by atoms with Crippen molar-refractivity contribution in [3.63, 3.8) is 0 Å². The first-order valence-electron chi connectivity index (χ1n) is 4.86. The standard InChI is InChI=1S/C10H15N3/c1-3-8-4-5-13-7-9(11-2)12-10(13)6-8/h7-8H,2-6H2,1H3. The van der Waals surface area contributed by atoms with Crippen LogP contribution in [0.4, 0.5) is 5.82 Å². The SMILES string of the molecule is C=Nc1cn2c(n1)CC(CC)CC2. The second-order valence-corrected chi connectivity index (χ2v) is 3.63. The zero-order valence-corrected chi connectivity index (χ0v) is 8.03. The number of aryl methyl sites for hydroxylation is 1. The topological polar surface area (TPSA) is 30.2 Å². The van der Waals surface area contributed by atoms with Gasteiger partial charge in [-0.25, -0.2) is 9.98 Å². The Bertz CT molecular complexity index is 314. The average Bonchev–Trinajstić information content (AvgIpc) is 2.58. The second kappa shape index (κ2) is 3.32. The van der Waals surface area contributed by atoms with Crippen molar-refractivity contribution < 1.29 is 0 Å². The number of hydrogen-bond acceptors (Lipinski definition) is 2. The van der Waals surface area contributed by atoms with E-state index in [0.717, 1.165) is 24.7 Å². The van der Waals surface area contributed by atoms with Crippen molar-refractivity contribution in [1.29, 1.82) is 0 Å².